The SMILES string of the molecule is C=CCN1C(=O)N=C(N)C1c1c(C)cccc1C. The summed E-state index contributed by atoms with van der Waals surface area (Å²) in [4.78, 5) is 17.3. The maximum absolute atomic E-state index is 11.8. The molecule has 1 aliphatic rings. The second kappa shape index (κ2) is 4.64. The van der Waals surface area contributed by atoms with Gasteiger partial charge in [0.2, 0.25) is 0 Å². The lowest BCUT2D eigenvalue weighted by molar-refractivity contribution is 0.212. The second-order valence-electron chi connectivity index (χ2n) is 4.47. The van der Waals surface area contributed by atoms with E-state index in [9.17, 15) is 4.79 Å². The van der Waals surface area contributed by atoms with E-state index in [1.165, 1.54) is 0 Å². The summed E-state index contributed by atoms with van der Waals surface area (Å²) >= 11 is 0. The van der Waals surface area contributed by atoms with Gasteiger partial charge in [0.05, 0.1) is 0 Å². The Morgan fingerprint density at radius 3 is 2.61 bits per heavy atom. The molecule has 0 saturated heterocycles. The zero-order valence-corrected chi connectivity index (χ0v) is 10.7. The molecule has 4 nitrogen and oxygen atoms in total. The number of aryl methyl sites for hydroxylation is 2. The number of hydrogen-bond acceptors (Lipinski definition) is 2. The van der Waals surface area contributed by atoms with Gasteiger partial charge in [-0.1, -0.05) is 24.3 Å². The first kappa shape index (κ1) is 12.4. The number of carbonyl (C=O) groups is 1. The Labute approximate surface area is 107 Å². The number of aliphatic imine (C=N–C) groups is 1. The Morgan fingerprint density at radius 2 is 2.06 bits per heavy atom. The van der Waals surface area contributed by atoms with Gasteiger partial charge in [-0.2, -0.15) is 4.99 Å². The summed E-state index contributed by atoms with van der Waals surface area (Å²) in [5, 5.41) is 0. The van der Waals surface area contributed by atoms with Gasteiger partial charge in [0, 0.05) is 6.54 Å². The van der Waals surface area contributed by atoms with E-state index in [2.05, 4.69) is 11.6 Å². The van der Waals surface area contributed by atoms with Gasteiger partial charge in [-0.15, -0.1) is 6.58 Å². The van der Waals surface area contributed by atoms with E-state index in [0.717, 1.165) is 16.7 Å². The summed E-state index contributed by atoms with van der Waals surface area (Å²) in [6, 6.07) is 5.47. The highest BCUT2D eigenvalue weighted by atomic mass is 16.2. The van der Waals surface area contributed by atoms with Gasteiger partial charge in [0.25, 0.3) is 0 Å². The topological polar surface area (TPSA) is 58.7 Å². The average molecular weight is 243 g/mol. The van der Waals surface area contributed by atoms with Gasteiger partial charge in [0.1, 0.15) is 11.9 Å². The van der Waals surface area contributed by atoms with Crippen molar-refractivity contribution in [1.82, 2.24) is 4.90 Å². The lowest BCUT2D eigenvalue weighted by Crippen LogP contribution is -2.34. The molecule has 18 heavy (non-hydrogen) atoms. The van der Waals surface area contributed by atoms with Crippen LogP contribution in [0.3, 0.4) is 0 Å². The van der Waals surface area contributed by atoms with Crippen molar-refractivity contribution in [3.63, 3.8) is 0 Å². The standard InChI is InChI=1S/C14H17N3O/c1-4-8-17-12(13(15)16-14(17)18)11-9(2)6-5-7-10(11)3/h4-7,12H,1,8H2,2-3H3,(H2,15,16,18). The van der Waals surface area contributed by atoms with E-state index >= 15 is 0 Å². The van der Waals surface area contributed by atoms with Crippen molar-refractivity contribution in [3.8, 4) is 0 Å². The first-order valence-corrected chi connectivity index (χ1v) is 5.88. The molecular weight excluding hydrogens is 226 g/mol. The van der Waals surface area contributed by atoms with Gasteiger partial charge in [-0.25, -0.2) is 4.79 Å². The Balaban J connectivity index is 2.51. The number of nitrogens with zero attached hydrogens (tertiary/aromatic N) is 2. The van der Waals surface area contributed by atoms with Crippen molar-refractivity contribution < 1.29 is 4.79 Å². The van der Waals surface area contributed by atoms with Gasteiger partial charge in [-0.3, -0.25) is 0 Å². The molecule has 1 atom stereocenters. The molecule has 0 saturated carbocycles. The quantitative estimate of drug-likeness (QED) is 0.828. The third kappa shape index (κ3) is 1.90. The van der Waals surface area contributed by atoms with Crippen LogP contribution in [-0.2, 0) is 0 Å². The van der Waals surface area contributed by atoms with E-state index in [1.807, 2.05) is 32.0 Å². The molecule has 1 unspecified atom stereocenters. The molecule has 0 aliphatic carbocycles. The summed E-state index contributed by atoms with van der Waals surface area (Å²) in [6.07, 6.45) is 1.69. The predicted molar refractivity (Wildman–Crippen MR) is 72.6 cm³/mol. The van der Waals surface area contributed by atoms with Crippen LogP contribution in [0.15, 0.2) is 35.8 Å². The molecular formula is C14H17N3O. The zero-order chi connectivity index (χ0) is 13.3. The largest absolute Gasteiger partial charge is 0.385 e. The number of urea groups is 1. The molecule has 2 rings (SSSR count). The van der Waals surface area contributed by atoms with Crippen molar-refractivity contribution in [2.75, 3.05) is 6.54 Å². The minimum Gasteiger partial charge on any atom is -0.385 e. The molecule has 2 amide bonds. The van der Waals surface area contributed by atoms with Gasteiger partial charge in [-0.05, 0) is 30.5 Å². The van der Waals surface area contributed by atoms with E-state index < -0.39 is 0 Å². The Morgan fingerprint density at radius 1 is 1.44 bits per heavy atom. The predicted octanol–water partition coefficient (Wildman–Crippen LogP) is 2.32. The lowest BCUT2D eigenvalue weighted by atomic mass is 9.95. The van der Waals surface area contributed by atoms with Crippen LogP contribution < -0.4 is 5.73 Å². The molecule has 1 aliphatic heterocycles. The highest BCUT2D eigenvalue weighted by Crippen LogP contribution is 2.31. The van der Waals surface area contributed by atoms with Crippen LogP contribution >= 0.6 is 0 Å². The fraction of sp³-hybridized carbons (Fsp3) is 0.286. The third-order valence-corrected chi connectivity index (χ3v) is 3.20. The van der Waals surface area contributed by atoms with Crippen LogP contribution in [0.1, 0.15) is 22.7 Å². The number of amides is 2. The minimum atomic E-state index is -0.292. The Hall–Kier alpha value is -2.10. The number of nitrogens with two attached hydrogens (primary N) is 1. The fourth-order valence-electron chi connectivity index (χ4n) is 2.39. The van der Waals surface area contributed by atoms with Gasteiger partial charge < -0.3 is 10.6 Å². The Kier molecular flexibility index (Phi) is 3.19. The van der Waals surface area contributed by atoms with Crippen LogP contribution in [0, 0.1) is 13.8 Å². The fourth-order valence-corrected chi connectivity index (χ4v) is 2.39. The molecule has 1 aromatic rings. The molecule has 1 heterocycles. The van der Waals surface area contributed by atoms with Crippen LogP contribution in [0.25, 0.3) is 0 Å². The summed E-state index contributed by atoms with van der Waals surface area (Å²) in [7, 11) is 0. The van der Waals surface area contributed by atoms with Crippen LogP contribution in [0.4, 0.5) is 4.79 Å². The van der Waals surface area contributed by atoms with Crippen molar-refractivity contribution in [3.05, 3.63) is 47.5 Å². The molecule has 94 valence electrons. The number of amidine groups is 1. The molecule has 0 radical (unpaired) electrons. The first-order valence-electron chi connectivity index (χ1n) is 5.88. The summed E-state index contributed by atoms with van der Waals surface area (Å²) in [5.74, 6) is 0.360. The van der Waals surface area contributed by atoms with E-state index in [4.69, 9.17) is 5.73 Å². The van der Waals surface area contributed by atoms with Crippen molar-refractivity contribution in [2.24, 2.45) is 10.7 Å². The monoisotopic (exact) mass is 243 g/mol. The van der Waals surface area contributed by atoms with Crippen molar-refractivity contribution >= 4 is 11.9 Å². The lowest BCUT2D eigenvalue weighted by Gasteiger charge is -2.26. The molecule has 1 aromatic carbocycles. The number of benzene rings is 1. The maximum Gasteiger partial charge on any atom is 0.346 e. The smallest absolute Gasteiger partial charge is 0.346 e. The van der Waals surface area contributed by atoms with Crippen LogP contribution in [0.5, 0.6) is 0 Å². The van der Waals surface area contributed by atoms with Crippen LogP contribution in [-0.4, -0.2) is 23.3 Å². The van der Waals surface area contributed by atoms with E-state index in [0.29, 0.717) is 12.4 Å². The summed E-state index contributed by atoms with van der Waals surface area (Å²) < 4.78 is 0. The maximum atomic E-state index is 11.8. The molecule has 0 aromatic heterocycles. The second-order valence-corrected chi connectivity index (χ2v) is 4.47. The van der Waals surface area contributed by atoms with Crippen molar-refractivity contribution in [2.45, 2.75) is 19.9 Å². The molecule has 0 fully saturated rings. The first-order chi connectivity index (χ1) is 8.56. The van der Waals surface area contributed by atoms with Crippen LogP contribution in [0.2, 0.25) is 0 Å². The molecule has 0 bridgehead atoms. The van der Waals surface area contributed by atoms with Crippen molar-refractivity contribution in [1.29, 1.82) is 0 Å². The van der Waals surface area contributed by atoms with E-state index in [-0.39, 0.29) is 12.1 Å². The molecule has 0 spiro atoms. The molecule has 4 heteroatoms. The van der Waals surface area contributed by atoms with E-state index in [1.54, 1.807) is 11.0 Å². The summed E-state index contributed by atoms with van der Waals surface area (Å²) in [6.45, 7) is 8.15. The van der Waals surface area contributed by atoms with Gasteiger partial charge in [0.15, 0.2) is 0 Å². The Bertz CT molecular complexity index is 514. The molecule has 2 N–H and O–H groups in total. The highest BCUT2D eigenvalue weighted by molar-refractivity contribution is 6.03. The third-order valence-electron chi connectivity index (χ3n) is 3.20. The minimum absolute atomic E-state index is 0.267. The normalized spacial score (nSPS) is 19.0. The summed E-state index contributed by atoms with van der Waals surface area (Å²) in [5.41, 5.74) is 9.20. The average Bonchev–Trinajstić information content (AvgIpc) is 2.56. The van der Waals surface area contributed by atoms with Gasteiger partial charge >= 0.3 is 6.03 Å². The number of carbonyl (C=O) groups excluding carboxylic acids is 1. The highest BCUT2D eigenvalue weighted by Gasteiger charge is 2.35. The zero-order valence-electron chi connectivity index (χ0n) is 10.7. The number of rotatable bonds is 3. The number of hydrogen-bond donors (Lipinski definition) is 1.